The van der Waals surface area contributed by atoms with Gasteiger partial charge in [-0.25, -0.2) is 4.98 Å². The van der Waals surface area contributed by atoms with Gasteiger partial charge in [-0.15, -0.1) is 0 Å². The zero-order valence-electron chi connectivity index (χ0n) is 9.97. The average molecular weight is 253 g/mol. The van der Waals surface area contributed by atoms with Crippen LogP contribution in [0.4, 0.5) is 0 Å². The Hall–Kier alpha value is -1.48. The number of rotatable bonds is 6. The van der Waals surface area contributed by atoms with Crippen molar-refractivity contribution in [3.8, 4) is 6.07 Å². The van der Waals surface area contributed by atoms with Gasteiger partial charge in [0.2, 0.25) is 5.91 Å². The molecule has 1 amide bonds. The average Bonchev–Trinajstić information content (AvgIpc) is 2.71. The zero-order chi connectivity index (χ0) is 12.7. The molecule has 0 spiro atoms. The van der Waals surface area contributed by atoms with Crippen molar-refractivity contribution < 1.29 is 9.21 Å². The molecule has 0 aliphatic rings. The largest absolute Gasteiger partial charge is 0.440 e. The minimum atomic E-state index is 0.0380. The second kappa shape index (κ2) is 6.97. The Morgan fingerprint density at radius 2 is 2.47 bits per heavy atom. The summed E-state index contributed by atoms with van der Waals surface area (Å²) in [6, 6.07) is 2.01. The van der Waals surface area contributed by atoms with Gasteiger partial charge in [-0.1, -0.05) is 11.8 Å². The molecule has 0 bridgehead atoms. The quantitative estimate of drug-likeness (QED) is 0.723. The van der Waals surface area contributed by atoms with Crippen molar-refractivity contribution in [3.05, 3.63) is 12.0 Å². The summed E-state index contributed by atoms with van der Waals surface area (Å²) in [7, 11) is 1.71. The molecule has 1 heterocycles. The number of nitriles is 1. The van der Waals surface area contributed by atoms with Crippen LogP contribution in [0.5, 0.6) is 0 Å². The van der Waals surface area contributed by atoms with Crippen LogP contribution in [0.2, 0.25) is 0 Å². The number of thioether (sulfide) groups is 1. The molecule has 0 aliphatic carbocycles. The first-order valence-electron chi connectivity index (χ1n) is 5.29. The molecule has 0 unspecified atom stereocenters. The molecule has 1 aromatic rings. The van der Waals surface area contributed by atoms with Gasteiger partial charge in [0.15, 0.2) is 0 Å². The lowest BCUT2D eigenvalue weighted by Gasteiger charge is -2.14. The number of aryl methyl sites for hydroxylation is 1. The summed E-state index contributed by atoms with van der Waals surface area (Å²) in [4.78, 5) is 17.3. The van der Waals surface area contributed by atoms with Crippen molar-refractivity contribution >= 4 is 17.7 Å². The van der Waals surface area contributed by atoms with Gasteiger partial charge < -0.3 is 9.32 Å². The van der Waals surface area contributed by atoms with Gasteiger partial charge in [0.05, 0.1) is 18.2 Å². The molecule has 92 valence electrons. The number of carbonyl (C=O) groups is 1. The van der Waals surface area contributed by atoms with E-state index in [9.17, 15) is 4.79 Å². The standard InChI is InChI=1S/C11H15N3O2S/c1-9-8-16-11(13-9)17-7-4-10(15)14(2)6-3-5-12/h8H,3-4,6-7H2,1-2H3. The van der Waals surface area contributed by atoms with Gasteiger partial charge in [-0.05, 0) is 6.92 Å². The second-order valence-corrected chi connectivity index (χ2v) is 4.62. The summed E-state index contributed by atoms with van der Waals surface area (Å²) in [5, 5.41) is 9.00. The van der Waals surface area contributed by atoms with E-state index in [0.717, 1.165) is 5.69 Å². The Labute approximate surface area is 105 Å². The molecule has 0 N–H and O–H groups in total. The van der Waals surface area contributed by atoms with Crippen molar-refractivity contribution in [2.75, 3.05) is 19.3 Å². The van der Waals surface area contributed by atoms with E-state index in [2.05, 4.69) is 4.98 Å². The molecule has 0 atom stereocenters. The third-order valence-electron chi connectivity index (χ3n) is 2.12. The molecule has 0 radical (unpaired) electrons. The van der Waals surface area contributed by atoms with E-state index in [1.54, 1.807) is 18.2 Å². The third kappa shape index (κ3) is 4.91. The molecule has 0 fully saturated rings. The van der Waals surface area contributed by atoms with E-state index in [1.165, 1.54) is 11.8 Å². The number of aromatic nitrogens is 1. The lowest BCUT2D eigenvalue weighted by atomic mass is 10.3. The Morgan fingerprint density at radius 1 is 1.71 bits per heavy atom. The first-order valence-corrected chi connectivity index (χ1v) is 6.28. The van der Waals surface area contributed by atoms with E-state index < -0.39 is 0 Å². The van der Waals surface area contributed by atoms with E-state index >= 15 is 0 Å². The Kier molecular flexibility index (Phi) is 5.57. The van der Waals surface area contributed by atoms with Crippen LogP contribution in [0.25, 0.3) is 0 Å². The van der Waals surface area contributed by atoms with Crippen LogP contribution in [0, 0.1) is 18.3 Å². The highest BCUT2D eigenvalue weighted by atomic mass is 32.2. The maximum Gasteiger partial charge on any atom is 0.255 e. The molecule has 17 heavy (non-hydrogen) atoms. The normalized spacial score (nSPS) is 9.94. The SMILES string of the molecule is Cc1coc(SCCC(=O)N(C)CCC#N)n1. The molecule has 1 rings (SSSR count). The van der Waals surface area contributed by atoms with Crippen LogP contribution in [0.3, 0.4) is 0 Å². The molecular weight excluding hydrogens is 238 g/mol. The fourth-order valence-electron chi connectivity index (χ4n) is 1.16. The van der Waals surface area contributed by atoms with Crippen molar-refractivity contribution in [1.29, 1.82) is 5.26 Å². The predicted molar refractivity (Wildman–Crippen MR) is 64.4 cm³/mol. The third-order valence-corrected chi connectivity index (χ3v) is 2.97. The molecule has 0 aromatic carbocycles. The summed E-state index contributed by atoms with van der Waals surface area (Å²) in [6.45, 7) is 2.34. The smallest absolute Gasteiger partial charge is 0.255 e. The minimum absolute atomic E-state index is 0.0380. The lowest BCUT2D eigenvalue weighted by Crippen LogP contribution is -2.27. The molecule has 6 heteroatoms. The highest BCUT2D eigenvalue weighted by Crippen LogP contribution is 2.17. The van der Waals surface area contributed by atoms with E-state index in [1.807, 2.05) is 13.0 Å². The zero-order valence-corrected chi connectivity index (χ0v) is 10.8. The van der Waals surface area contributed by atoms with Crippen LogP contribution in [-0.2, 0) is 4.79 Å². The van der Waals surface area contributed by atoms with Gasteiger partial charge in [-0.3, -0.25) is 4.79 Å². The fourth-order valence-corrected chi connectivity index (χ4v) is 1.93. The lowest BCUT2D eigenvalue weighted by molar-refractivity contribution is -0.129. The Balaban J connectivity index is 2.22. The number of carbonyl (C=O) groups excluding carboxylic acids is 1. The molecular formula is C11H15N3O2S. The molecule has 0 saturated heterocycles. The first-order chi connectivity index (χ1) is 8.13. The van der Waals surface area contributed by atoms with Crippen molar-refractivity contribution in [2.45, 2.75) is 25.0 Å². The topological polar surface area (TPSA) is 70.1 Å². The first kappa shape index (κ1) is 13.6. The Bertz CT molecular complexity index is 411. The number of nitrogens with zero attached hydrogens (tertiary/aromatic N) is 3. The van der Waals surface area contributed by atoms with E-state index in [-0.39, 0.29) is 5.91 Å². The van der Waals surface area contributed by atoms with Gasteiger partial charge in [0.1, 0.15) is 6.26 Å². The van der Waals surface area contributed by atoms with Gasteiger partial charge >= 0.3 is 0 Å². The van der Waals surface area contributed by atoms with Crippen LogP contribution >= 0.6 is 11.8 Å². The van der Waals surface area contributed by atoms with E-state index in [0.29, 0.717) is 30.4 Å². The maximum absolute atomic E-state index is 11.6. The molecule has 5 nitrogen and oxygen atoms in total. The van der Waals surface area contributed by atoms with Gasteiger partial charge in [0, 0.05) is 25.8 Å². The molecule has 0 aliphatic heterocycles. The molecule has 1 aromatic heterocycles. The summed E-state index contributed by atoms with van der Waals surface area (Å²) >= 11 is 1.42. The minimum Gasteiger partial charge on any atom is -0.440 e. The van der Waals surface area contributed by atoms with Crippen molar-refractivity contribution in [3.63, 3.8) is 0 Å². The number of amides is 1. The highest BCUT2D eigenvalue weighted by molar-refractivity contribution is 7.99. The second-order valence-electron chi connectivity index (χ2n) is 3.58. The van der Waals surface area contributed by atoms with Crippen LogP contribution in [0.15, 0.2) is 15.9 Å². The molecule has 0 saturated carbocycles. The highest BCUT2D eigenvalue weighted by Gasteiger charge is 2.09. The summed E-state index contributed by atoms with van der Waals surface area (Å²) < 4.78 is 5.16. The predicted octanol–water partition coefficient (Wildman–Crippen LogP) is 1.84. The summed E-state index contributed by atoms with van der Waals surface area (Å²) in [6.07, 6.45) is 2.38. The number of oxazole rings is 1. The van der Waals surface area contributed by atoms with Crippen LogP contribution < -0.4 is 0 Å². The van der Waals surface area contributed by atoms with Crippen LogP contribution in [0.1, 0.15) is 18.5 Å². The van der Waals surface area contributed by atoms with Crippen molar-refractivity contribution in [1.82, 2.24) is 9.88 Å². The fraction of sp³-hybridized carbons (Fsp3) is 0.545. The van der Waals surface area contributed by atoms with Crippen LogP contribution in [-0.4, -0.2) is 35.1 Å². The van der Waals surface area contributed by atoms with Gasteiger partial charge in [0.25, 0.3) is 5.22 Å². The monoisotopic (exact) mass is 253 g/mol. The summed E-state index contributed by atoms with van der Waals surface area (Å²) in [5.74, 6) is 0.673. The van der Waals surface area contributed by atoms with Crippen molar-refractivity contribution in [2.24, 2.45) is 0 Å². The number of hydrogen-bond donors (Lipinski definition) is 0. The van der Waals surface area contributed by atoms with E-state index in [4.69, 9.17) is 9.68 Å². The number of hydrogen-bond acceptors (Lipinski definition) is 5. The maximum atomic E-state index is 11.6. The Morgan fingerprint density at radius 3 is 3.06 bits per heavy atom. The van der Waals surface area contributed by atoms with Gasteiger partial charge in [-0.2, -0.15) is 5.26 Å². The summed E-state index contributed by atoms with van der Waals surface area (Å²) in [5.41, 5.74) is 0.838.